The first-order chi connectivity index (χ1) is 13.0. The van der Waals surface area contributed by atoms with E-state index in [4.69, 9.17) is 11.6 Å². The molecule has 27 heavy (non-hydrogen) atoms. The molecule has 3 aromatic rings. The second kappa shape index (κ2) is 8.51. The molecule has 0 unspecified atom stereocenters. The Hall–Kier alpha value is -3.12. The largest absolute Gasteiger partial charge is 0.378 e. The molecule has 0 atom stereocenters. The zero-order chi connectivity index (χ0) is 19.2. The van der Waals surface area contributed by atoms with Crippen LogP contribution in [0.3, 0.4) is 0 Å². The molecule has 7 heteroatoms. The summed E-state index contributed by atoms with van der Waals surface area (Å²) in [4.78, 5) is 14.2. The van der Waals surface area contributed by atoms with Crippen LogP contribution in [0.1, 0.15) is 21.6 Å². The van der Waals surface area contributed by atoms with Crippen LogP contribution < -0.4 is 10.3 Å². The smallest absolute Gasteiger partial charge is 0.291 e. The second-order valence-electron chi connectivity index (χ2n) is 6.21. The Morgan fingerprint density at radius 3 is 2.52 bits per heavy atom. The molecule has 6 nitrogen and oxygen atoms in total. The Kier molecular flexibility index (Phi) is 5.88. The third kappa shape index (κ3) is 5.18. The molecule has 1 N–H and O–H groups in total. The van der Waals surface area contributed by atoms with Gasteiger partial charge in [0.15, 0.2) is 5.69 Å². The van der Waals surface area contributed by atoms with E-state index in [1.54, 1.807) is 23.2 Å². The number of hydrogen-bond acceptors (Lipinski definition) is 4. The zero-order valence-corrected chi connectivity index (χ0v) is 15.9. The summed E-state index contributed by atoms with van der Waals surface area (Å²) in [6.07, 6.45) is 3.36. The van der Waals surface area contributed by atoms with Gasteiger partial charge < -0.3 is 4.90 Å². The number of rotatable bonds is 6. The van der Waals surface area contributed by atoms with Crippen LogP contribution in [0.5, 0.6) is 0 Å². The molecule has 0 radical (unpaired) electrons. The lowest BCUT2D eigenvalue weighted by atomic mass is 10.2. The second-order valence-corrected chi connectivity index (χ2v) is 6.65. The van der Waals surface area contributed by atoms with Gasteiger partial charge in [-0.25, -0.2) is 5.43 Å². The number of hydrogen-bond donors (Lipinski definition) is 1. The minimum atomic E-state index is -0.356. The Labute approximate surface area is 163 Å². The number of carbonyl (C=O) groups is 1. The number of halogens is 1. The SMILES string of the molecule is CN(C)c1ccc(/C=N\NC(=O)c2ccn(Cc3ccc(Cl)cc3)n2)cc1. The summed E-state index contributed by atoms with van der Waals surface area (Å²) in [7, 11) is 3.96. The van der Waals surface area contributed by atoms with Crippen molar-refractivity contribution in [1.29, 1.82) is 0 Å². The molecule has 2 aromatic carbocycles. The van der Waals surface area contributed by atoms with E-state index >= 15 is 0 Å². The lowest BCUT2D eigenvalue weighted by Gasteiger charge is -2.11. The van der Waals surface area contributed by atoms with E-state index in [1.807, 2.05) is 67.5 Å². The van der Waals surface area contributed by atoms with Crippen LogP contribution >= 0.6 is 11.6 Å². The van der Waals surface area contributed by atoms with Crippen molar-refractivity contribution in [2.24, 2.45) is 5.10 Å². The van der Waals surface area contributed by atoms with Crippen molar-refractivity contribution < 1.29 is 4.79 Å². The van der Waals surface area contributed by atoms with E-state index in [0.717, 1.165) is 16.8 Å². The average molecular weight is 382 g/mol. The van der Waals surface area contributed by atoms with Crippen LogP contribution in [0.25, 0.3) is 0 Å². The van der Waals surface area contributed by atoms with Gasteiger partial charge in [-0.3, -0.25) is 9.48 Å². The first-order valence-corrected chi connectivity index (χ1v) is 8.78. The van der Waals surface area contributed by atoms with E-state index < -0.39 is 0 Å². The standard InChI is InChI=1S/C20H20ClN5O/c1-25(2)18-9-5-15(6-10-18)13-22-23-20(27)19-11-12-26(24-19)14-16-3-7-17(21)8-4-16/h3-13H,14H2,1-2H3,(H,23,27)/b22-13-. The molecule has 0 saturated carbocycles. The van der Waals surface area contributed by atoms with Crippen molar-refractivity contribution in [3.63, 3.8) is 0 Å². The minimum absolute atomic E-state index is 0.309. The van der Waals surface area contributed by atoms with Gasteiger partial charge in [0.2, 0.25) is 0 Å². The normalized spacial score (nSPS) is 10.9. The minimum Gasteiger partial charge on any atom is -0.378 e. The summed E-state index contributed by atoms with van der Waals surface area (Å²) < 4.78 is 1.70. The molecule has 3 rings (SSSR count). The number of aromatic nitrogens is 2. The van der Waals surface area contributed by atoms with Crippen LogP contribution in [0.4, 0.5) is 5.69 Å². The van der Waals surface area contributed by atoms with Crippen LogP contribution in [0, 0.1) is 0 Å². The fraction of sp³-hybridized carbons (Fsp3) is 0.150. The first kappa shape index (κ1) is 18.7. The molecule has 1 heterocycles. The number of benzene rings is 2. The maximum absolute atomic E-state index is 12.2. The van der Waals surface area contributed by atoms with Gasteiger partial charge in [0.25, 0.3) is 5.91 Å². The van der Waals surface area contributed by atoms with E-state index in [2.05, 4.69) is 15.6 Å². The van der Waals surface area contributed by atoms with Crippen molar-refractivity contribution in [3.05, 3.63) is 82.6 Å². The zero-order valence-electron chi connectivity index (χ0n) is 15.1. The summed E-state index contributed by atoms with van der Waals surface area (Å²) in [6, 6.07) is 17.0. The Morgan fingerprint density at radius 1 is 1.15 bits per heavy atom. The van der Waals surface area contributed by atoms with Crippen molar-refractivity contribution >= 4 is 29.4 Å². The van der Waals surface area contributed by atoms with Crippen molar-refractivity contribution in [1.82, 2.24) is 15.2 Å². The summed E-state index contributed by atoms with van der Waals surface area (Å²) in [5.41, 5.74) is 5.85. The van der Waals surface area contributed by atoms with E-state index in [9.17, 15) is 4.79 Å². The van der Waals surface area contributed by atoms with Crippen LogP contribution in [-0.4, -0.2) is 36.0 Å². The predicted octanol–water partition coefficient (Wildman–Crippen LogP) is 3.41. The summed E-state index contributed by atoms with van der Waals surface area (Å²) in [6.45, 7) is 0.561. The maximum atomic E-state index is 12.2. The highest BCUT2D eigenvalue weighted by molar-refractivity contribution is 6.30. The van der Waals surface area contributed by atoms with Crippen LogP contribution in [-0.2, 0) is 6.54 Å². The van der Waals surface area contributed by atoms with Crippen molar-refractivity contribution in [2.75, 3.05) is 19.0 Å². The number of hydrazone groups is 1. The number of nitrogens with zero attached hydrogens (tertiary/aromatic N) is 4. The lowest BCUT2D eigenvalue weighted by molar-refractivity contribution is 0.0949. The molecule has 0 aliphatic heterocycles. The summed E-state index contributed by atoms with van der Waals surface area (Å²) in [5.74, 6) is -0.356. The third-order valence-electron chi connectivity index (χ3n) is 3.92. The highest BCUT2D eigenvalue weighted by Gasteiger charge is 2.08. The molecule has 0 fully saturated rings. The first-order valence-electron chi connectivity index (χ1n) is 8.40. The van der Waals surface area contributed by atoms with E-state index in [0.29, 0.717) is 17.3 Å². The Bertz CT molecular complexity index is 930. The summed E-state index contributed by atoms with van der Waals surface area (Å²) in [5, 5.41) is 8.96. The van der Waals surface area contributed by atoms with Crippen molar-refractivity contribution in [2.45, 2.75) is 6.54 Å². The van der Waals surface area contributed by atoms with Gasteiger partial charge in [0.1, 0.15) is 0 Å². The fourth-order valence-electron chi connectivity index (χ4n) is 2.43. The highest BCUT2D eigenvalue weighted by Crippen LogP contribution is 2.11. The fourth-order valence-corrected chi connectivity index (χ4v) is 2.55. The molecule has 1 amide bonds. The van der Waals surface area contributed by atoms with Gasteiger partial charge in [-0.1, -0.05) is 35.9 Å². The number of carbonyl (C=O) groups excluding carboxylic acids is 1. The van der Waals surface area contributed by atoms with E-state index in [1.165, 1.54) is 0 Å². The Balaban J connectivity index is 1.56. The molecule has 0 bridgehead atoms. The van der Waals surface area contributed by atoms with Crippen LogP contribution in [0.15, 0.2) is 65.9 Å². The number of nitrogens with one attached hydrogen (secondary N) is 1. The van der Waals surface area contributed by atoms with Gasteiger partial charge in [-0.05, 0) is 41.5 Å². The third-order valence-corrected chi connectivity index (χ3v) is 4.17. The molecule has 0 spiro atoms. The van der Waals surface area contributed by atoms with Gasteiger partial charge >= 0.3 is 0 Å². The molecule has 0 saturated heterocycles. The van der Waals surface area contributed by atoms with Crippen molar-refractivity contribution in [3.8, 4) is 0 Å². The summed E-state index contributed by atoms with van der Waals surface area (Å²) >= 11 is 5.88. The number of amides is 1. The van der Waals surface area contributed by atoms with Gasteiger partial charge in [0, 0.05) is 31.0 Å². The number of anilines is 1. The topological polar surface area (TPSA) is 62.5 Å². The van der Waals surface area contributed by atoms with E-state index in [-0.39, 0.29) is 5.91 Å². The molecular formula is C20H20ClN5O. The average Bonchev–Trinajstić information content (AvgIpc) is 3.12. The van der Waals surface area contributed by atoms with Crippen LogP contribution in [0.2, 0.25) is 5.02 Å². The van der Waals surface area contributed by atoms with Gasteiger partial charge in [-0.2, -0.15) is 10.2 Å². The maximum Gasteiger partial charge on any atom is 0.291 e. The predicted molar refractivity (Wildman–Crippen MR) is 109 cm³/mol. The molecule has 0 aliphatic rings. The quantitative estimate of drug-likeness (QED) is 0.525. The monoisotopic (exact) mass is 381 g/mol. The van der Waals surface area contributed by atoms with Gasteiger partial charge in [-0.15, -0.1) is 0 Å². The van der Waals surface area contributed by atoms with Gasteiger partial charge in [0.05, 0.1) is 12.8 Å². The molecule has 0 aliphatic carbocycles. The molecule has 138 valence electrons. The Morgan fingerprint density at radius 2 is 1.85 bits per heavy atom. The molecular weight excluding hydrogens is 362 g/mol. The molecule has 1 aromatic heterocycles. The highest BCUT2D eigenvalue weighted by atomic mass is 35.5. The lowest BCUT2D eigenvalue weighted by Crippen LogP contribution is -2.18.